The van der Waals surface area contributed by atoms with E-state index in [0.717, 1.165) is 37.9 Å². The molecular formula is C23H23NO. The van der Waals surface area contributed by atoms with Gasteiger partial charge in [0.2, 0.25) is 0 Å². The van der Waals surface area contributed by atoms with Gasteiger partial charge < -0.3 is 5.11 Å². The zero-order chi connectivity index (χ0) is 16.8. The SMILES string of the molecule is OC1c2c(ccc3ccccc23)CCC1N1CCc2ccccc2C1. The van der Waals surface area contributed by atoms with E-state index in [1.54, 1.807) is 0 Å². The number of hydrogen-bond donors (Lipinski definition) is 1. The van der Waals surface area contributed by atoms with Gasteiger partial charge in [-0.25, -0.2) is 0 Å². The summed E-state index contributed by atoms with van der Waals surface area (Å²) in [6.07, 6.45) is 2.77. The first kappa shape index (κ1) is 15.1. The summed E-state index contributed by atoms with van der Waals surface area (Å²) in [4.78, 5) is 2.50. The Balaban J connectivity index is 1.51. The molecule has 0 bridgehead atoms. The monoisotopic (exact) mass is 329 g/mol. The molecule has 0 fully saturated rings. The van der Waals surface area contributed by atoms with Crippen LogP contribution in [0.1, 0.15) is 34.8 Å². The average molecular weight is 329 g/mol. The summed E-state index contributed by atoms with van der Waals surface area (Å²) in [5, 5.41) is 13.7. The van der Waals surface area contributed by atoms with Crippen LogP contribution in [0.3, 0.4) is 0 Å². The first-order chi connectivity index (χ1) is 12.3. The van der Waals surface area contributed by atoms with Gasteiger partial charge in [-0.1, -0.05) is 60.7 Å². The fraction of sp³-hybridized carbons (Fsp3) is 0.304. The van der Waals surface area contributed by atoms with Gasteiger partial charge in [-0.2, -0.15) is 0 Å². The molecule has 2 heteroatoms. The Morgan fingerprint density at radius 3 is 2.52 bits per heavy atom. The van der Waals surface area contributed by atoms with Gasteiger partial charge in [0.25, 0.3) is 0 Å². The number of aryl methyl sites for hydroxylation is 1. The van der Waals surface area contributed by atoms with Crippen LogP contribution in [0, 0.1) is 0 Å². The summed E-state index contributed by atoms with van der Waals surface area (Å²) in [6, 6.07) is 21.8. The fourth-order valence-corrected chi connectivity index (χ4v) is 4.74. The molecule has 0 saturated carbocycles. The summed E-state index contributed by atoms with van der Waals surface area (Å²) in [5.74, 6) is 0. The maximum Gasteiger partial charge on any atom is 0.0954 e. The predicted molar refractivity (Wildman–Crippen MR) is 102 cm³/mol. The van der Waals surface area contributed by atoms with Crippen molar-refractivity contribution in [1.82, 2.24) is 4.90 Å². The minimum absolute atomic E-state index is 0.215. The molecule has 0 amide bonds. The van der Waals surface area contributed by atoms with Gasteiger partial charge in [0.1, 0.15) is 0 Å². The van der Waals surface area contributed by atoms with Crippen LogP contribution in [0.2, 0.25) is 0 Å². The maximum absolute atomic E-state index is 11.3. The molecule has 1 heterocycles. The molecule has 0 radical (unpaired) electrons. The summed E-state index contributed by atoms with van der Waals surface area (Å²) in [6.45, 7) is 2.00. The van der Waals surface area contributed by atoms with E-state index in [-0.39, 0.29) is 6.04 Å². The number of benzene rings is 3. The van der Waals surface area contributed by atoms with E-state index in [4.69, 9.17) is 0 Å². The number of fused-ring (bicyclic) bond motifs is 4. The first-order valence-electron chi connectivity index (χ1n) is 9.31. The lowest BCUT2D eigenvalue weighted by Crippen LogP contribution is -2.44. The lowest BCUT2D eigenvalue weighted by Gasteiger charge is -2.41. The highest BCUT2D eigenvalue weighted by Crippen LogP contribution is 2.39. The second-order valence-electron chi connectivity index (χ2n) is 7.40. The lowest BCUT2D eigenvalue weighted by molar-refractivity contribution is 0.0295. The molecule has 3 aromatic carbocycles. The van der Waals surface area contributed by atoms with Crippen molar-refractivity contribution >= 4 is 10.8 Å². The predicted octanol–water partition coefficient (Wildman–Crippen LogP) is 4.25. The molecule has 0 aromatic heterocycles. The average Bonchev–Trinajstić information content (AvgIpc) is 2.67. The summed E-state index contributed by atoms with van der Waals surface area (Å²) in [5.41, 5.74) is 5.37. The van der Waals surface area contributed by atoms with Gasteiger partial charge in [0.15, 0.2) is 0 Å². The highest BCUT2D eigenvalue weighted by atomic mass is 16.3. The number of aliphatic hydroxyl groups is 1. The van der Waals surface area contributed by atoms with Crippen molar-refractivity contribution in [3.05, 3.63) is 82.9 Å². The summed E-state index contributed by atoms with van der Waals surface area (Å²) < 4.78 is 0. The van der Waals surface area contributed by atoms with Crippen LogP contribution in [0.4, 0.5) is 0 Å². The fourth-order valence-electron chi connectivity index (χ4n) is 4.74. The number of hydrogen-bond acceptors (Lipinski definition) is 2. The topological polar surface area (TPSA) is 23.5 Å². The molecule has 2 aliphatic rings. The zero-order valence-electron chi connectivity index (χ0n) is 14.4. The van der Waals surface area contributed by atoms with Crippen molar-refractivity contribution in [2.45, 2.75) is 38.0 Å². The second kappa shape index (κ2) is 5.98. The first-order valence-corrected chi connectivity index (χ1v) is 9.31. The zero-order valence-corrected chi connectivity index (χ0v) is 14.4. The normalized spacial score (nSPS) is 23.2. The van der Waals surface area contributed by atoms with Crippen LogP contribution in [-0.2, 0) is 19.4 Å². The third-order valence-electron chi connectivity index (χ3n) is 6.06. The highest BCUT2D eigenvalue weighted by Gasteiger charge is 2.34. The van der Waals surface area contributed by atoms with Gasteiger partial charge in [-0.15, -0.1) is 0 Å². The smallest absolute Gasteiger partial charge is 0.0954 e. The Bertz CT molecular complexity index is 932. The van der Waals surface area contributed by atoms with Crippen LogP contribution in [0.25, 0.3) is 10.8 Å². The molecule has 0 saturated heterocycles. The van der Waals surface area contributed by atoms with E-state index in [0.29, 0.717) is 0 Å². The van der Waals surface area contributed by atoms with E-state index < -0.39 is 6.10 Å². The van der Waals surface area contributed by atoms with Crippen LogP contribution in [0.5, 0.6) is 0 Å². The van der Waals surface area contributed by atoms with Crippen LogP contribution in [0.15, 0.2) is 60.7 Å². The molecule has 1 N–H and O–H groups in total. The minimum Gasteiger partial charge on any atom is -0.387 e. The van der Waals surface area contributed by atoms with E-state index in [1.165, 1.54) is 27.5 Å². The van der Waals surface area contributed by atoms with Crippen molar-refractivity contribution < 1.29 is 5.11 Å². The van der Waals surface area contributed by atoms with Gasteiger partial charge >= 0.3 is 0 Å². The van der Waals surface area contributed by atoms with Gasteiger partial charge in [-0.3, -0.25) is 4.90 Å². The molecule has 5 rings (SSSR count). The molecule has 126 valence electrons. The number of aliphatic hydroxyl groups excluding tert-OH is 1. The second-order valence-corrected chi connectivity index (χ2v) is 7.40. The third-order valence-corrected chi connectivity index (χ3v) is 6.06. The Morgan fingerprint density at radius 2 is 1.60 bits per heavy atom. The van der Waals surface area contributed by atoms with E-state index in [2.05, 4.69) is 65.6 Å². The largest absolute Gasteiger partial charge is 0.387 e. The molecule has 3 aromatic rings. The molecule has 2 atom stereocenters. The minimum atomic E-state index is -0.403. The Kier molecular flexibility index (Phi) is 3.61. The summed E-state index contributed by atoms with van der Waals surface area (Å²) in [7, 11) is 0. The van der Waals surface area contributed by atoms with Crippen molar-refractivity contribution in [3.8, 4) is 0 Å². The van der Waals surface area contributed by atoms with Crippen LogP contribution >= 0.6 is 0 Å². The van der Waals surface area contributed by atoms with E-state index >= 15 is 0 Å². The molecule has 1 aliphatic heterocycles. The van der Waals surface area contributed by atoms with Crippen molar-refractivity contribution in [3.63, 3.8) is 0 Å². The van der Waals surface area contributed by atoms with Crippen LogP contribution < -0.4 is 0 Å². The number of nitrogens with zero attached hydrogens (tertiary/aromatic N) is 1. The molecule has 2 nitrogen and oxygen atoms in total. The molecule has 2 unspecified atom stereocenters. The van der Waals surface area contributed by atoms with Gasteiger partial charge in [0.05, 0.1) is 6.10 Å². The van der Waals surface area contributed by atoms with Crippen molar-refractivity contribution in [2.24, 2.45) is 0 Å². The molecular weight excluding hydrogens is 306 g/mol. The Morgan fingerprint density at radius 1 is 0.800 bits per heavy atom. The van der Waals surface area contributed by atoms with Crippen molar-refractivity contribution in [2.75, 3.05) is 6.54 Å². The number of rotatable bonds is 1. The molecule has 25 heavy (non-hydrogen) atoms. The van der Waals surface area contributed by atoms with Gasteiger partial charge in [-0.05, 0) is 52.3 Å². The van der Waals surface area contributed by atoms with E-state index in [9.17, 15) is 5.11 Å². The summed E-state index contributed by atoms with van der Waals surface area (Å²) >= 11 is 0. The van der Waals surface area contributed by atoms with Gasteiger partial charge in [0, 0.05) is 19.1 Å². The lowest BCUT2D eigenvalue weighted by atomic mass is 9.81. The highest BCUT2D eigenvalue weighted by molar-refractivity contribution is 5.87. The quantitative estimate of drug-likeness (QED) is 0.721. The maximum atomic E-state index is 11.3. The third kappa shape index (κ3) is 2.48. The molecule has 1 aliphatic carbocycles. The van der Waals surface area contributed by atoms with E-state index in [1.807, 2.05) is 0 Å². The van der Waals surface area contributed by atoms with Crippen molar-refractivity contribution in [1.29, 1.82) is 0 Å². The Labute approximate surface area is 148 Å². The Hall–Kier alpha value is -2.16. The molecule has 0 spiro atoms. The standard InChI is InChI=1S/C23H23NO/c25-23-21(24-14-13-16-5-1-2-7-19(16)15-24)12-11-18-10-9-17-6-3-4-8-20(17)22(18)23/h1-10,21,23,25H,11-15H2. The van der Waals surface area contributed by atoms with Crippen LogP contribution in [-0.4, -0.2) is 22.6 Å².